The summed E-state index contributed by atoms with van der Waals surface area (Å²) in [5.41, 5.74) is 8.09. The van der Waals surface area contributed by atoms with Crippen LogP contribution in [0.4, 0.5) is 0 Å². The molecule has 1 rings (SSSR count). The molecule has 6 heteroatoms. The van der Waals surface area contributed by atoms with Crippen molar-refractivity contribution in [3.05, 3.63) is 18.0 Å². The van der Waals surface area contributed by atoms with E-state index in [1.54, 1.807) is 19.9 Å². The van der Waals surface area contributed by atoms with Crippen molar-refractivity contribution in [3.63, 3.8) is 0 Å². The van der Waals surface area contributed by atoms with Crippen LogP contribution in [0.15, 0.2) is 12.3 Å². The highest BCUT2D eigenvalue weighted by molar-refractivity contribution is 5.93. The first-order chi connectivity index (χ1) is 6.50. The number of nitrogens with two attached hydrogens (primary N) is 1. The normalized spacial score (nSPS) is 10.2. The van der Waals surface area contributed by atoms with Crippen LogP contribution in [0, 0.1) is 11.3 Å². The van der Waals surface area contributed by atoms with Crippen LogP contribution < -0.4 is 11.2 Å². The Hall–Kier alpha value is -1.85. The van der Waals surface area contributed by atoms with Crippen LogP contribution in [0.3, 0.4) is 0 Å². The van der Waals surface area contributed by atoms with Crippen molar-refractivity contribution in [1.29, 1.82) is 5.41 Å². The molecule has 4 N–H and O–H groups in total. The second-order valence-corrected chi connectivity index (χ2v) is 3.19. The van der Waals surface area contributed by atoms with Gasteiger partial charge in [-0.05, 0) is 6.07 Å². The molecule has 0 aromatic carbocycles. The van der Waals surface area contributed by atoms with Crippen LogP contribution in [0.1, 0.15) is 19.5 Å². The summed E-state index contributed by atoms with van der Waals surface area (Å²) in [4.78, 5) is 12.5. The Balaban J connectivity index is 2.69. The standard InChI is InChI=1S/C8H13N5O/c1-5(2)8(14)12-13-4-3-6(11-13)7(9)10/h3-5H,1-2H3,(H3,9,10)(H,12,14). The Bertz CT molecular complexity index is 354. The third-order valence-corrected chi connectivity index (χ3v) is 1.61. The second-order valence-electron chi connectivity index (χ2n) is 3.19. The predicted octanol–water partition coefficient (Wildman–Crippen LogP) is -0.107. The minimum atomic E-state index is -0.136. The lowest BCUT2D eigenvalue weighted by molar-refractivity contribution is -0.119. The van der Waals surface area contributed by atoms with Gasteiger partial charge in [0.05, 0.1) is 0 Å². The number of nitrogens with one attached hydrogen (secondary N) is 2. The first-order valence-electron chi connectivity index (χ1n) is 4.21. The lowest BCUT2D eigenvalue weighted by atomic mass is 10.2. The van der Waals surface area contributed by atoms with E-state index in [1.165, 1.54) is 11.0 Å². The molecule has 0 aliphatic carbocycles. The summed E-state index contributed by atoms with van der Waals surface area (Å²) in [7, 11) is 0. The highest BCUT2D eigenvalue weighted by Gasteiger charge is 2.08. The fourth-order valence-corrected chi connectivity index (χ4v) is 0.772. The quantitative estimate of drug-likeness (QED) is 0.464. The van der Waals surface area contributed by atoms with Crippen molar-refractivity contribution >= 4 is 11.7 Å². The minimum Gasteiger partial charge on any atom is -0.382 e. The van der Waals surface area contributed by atoms with Gasteiger partial charge in [0.2, 0.25) is 5.91 Å². The summed E-state index contributed by atoms with van der Waals surface area (Å²) in [6, 6.07) is 1.56. The average Bonchev–Trinajstić information content (AvgIpc) is 2.52. The van der Waals surface area contributed by atoms with Crippen LogP contribution in [0.25, 0.3) is 0 Å². The first-order valence-corrected chi connectivity index (χ1v) is 4.21. The lowest BCUT2D eigenvalue weighted by Gasteiger charge is -2.06. The summed E-state index contributed by atoms with van der Waals surface area (Å²) in [6.07, 6.45) is 1.54. The van der Waals surface area contributed by atoms with Crippen LogP contribution in [-0.4, -0.2) is 21.6 Å². The molecule has 0 atom stereocenters. The van der Waals surface area contributed by atoms with Crippen molar-refractivity contribution in [3.8, 4) is 0 Å². The highest BCUT2D eigenvalue weighted by atomic mass is 16.2. The average molecular weight is 195 g/mol. The fourth-order valence-electron chi connectivity index (χ4n) is 0.772. The molecule has 0 radical (unpaired) electrons. The number of amides is 1. The Kier molecular flexibility index (Phi) is 2.85. The van der Waals surface area contributed by atoms with E-state index in [0.717, 1.165) is 0 Å². The molecular formula is C8H13N5O. The smallest absolute Gasteiger partial charge is 0.242 e. The molecule has 14 heavy (non-hydrogen) atoms. The molecule has 1 heterocycles. The maximum atomic E-state index is 11.2. The van der Waals surface area contributed by atoms with Crippen molar-refractivity contribution in [2.45, 2.75) is 13.8 Å². The molecule has 0 bridgehead atoms. The Labute approximate surface area is 81.6 Å². The molecule has 1 amide bonds. The van der Waals surface area contributed by atoms with E-state index in [9.17, 15) is 4.79 Å². The van der Waals surface area contributed by atoms with Gasteiger partial charge in [-0.25, -0.2) is 5.43 Å². The predicted molar refractivity (Wildman–Crippen MR) is 52.4 cm³/mol. The van der Waals surface area contributed by atoms with Gasteiger partial charge in [-0.15, -0.1) is 5.10 Å². The highest BCUT2D eigenvalue weighted by Crippen LogP contribution is 1.95. The van der Waals surface area contributed by atoms with Gasteiger partial charge in [-0.2, -0.15) is 4.79 Å². The molecule has 0 spiro atoms. The van der Waals surface area contributed by atoms with Gasteiger partial charge in [0.25, 0.3) is 0 Å². The zero-order valence-electron chi connectivity index (χ0n) is 8.11. The number of carbonyl (C=O) groups excluding carboxylic acids is 1. The summed E-state index contributed by atoms with van der Waals surface area (Å²) in [5.74, 6) is -0.370. The maximum absolute atomic E-state index is 11.2. The van der Waals surface area contributed by atoms with Gasteiger partial charge in [0, 0.05) is 12.1 Å². The number of hydrogen-bond donors (Lipinski definition) is 3. The van der Waals surface area contributed by atoms with Gasteiger partial charge < -0.3 is 5.73 Å². The zero-order chi connectivity index (χ0) is 10.7. The summed E-state index contributed by atoms with van der Waals surface area (Å²) in [6.45, 7) is 3.56. The molecule has 6 nitrogen and oxygen atoms in total. The monoisotopic (exact) mass is 195 g/mol. The van der Waals surface area contributed by atoms with Gasteiger partial charge >= 0.3 is 0 Å². The van der Waals surface area contributed by atoms with Crippen LogP contribution >= 0.6 is 0 Å². The topological polar surface area (TPSA) is 96.8 Å². The van der Waals surface area contributed by atoms with E-state index in [0.29, 0.717) is 5.69 Å². The van der Waals surface area contributed by atoms with Crippen LogP contribution in [-0.2, 0) is 4.79 Å². The number of carbonyl (C=O) groups is 1. The van der Waals surface area contributed by atoms with E-state index < -0.39 is 0 Å². The van der Waals surface area contributed by atoms with E-state index in [-0.39, 0.29) is 17.7 Å². The van der Waals surface area contributed by atoms with E-state index in [4.69, 9.17) is 11.1 Å². The number of nitrogen functional groups attached to an aromatic ring is 1. The molecule has 1 aromatic heterocycles. The molecule has 0 unspecified atom stereocenters. The number of amidine groups is 1. The molecule has 0 fully saturated rings. The largest absolute Gasteiger partial charge is 0.382 e. The number of rotatable bonds is 3. The number of nitrogens with zero attached hydrogens (tertiary/aromatic N) is 2. The Morgan fingerprint density at radius 2 is 2.36 bits per heavy atom. The van der Waals surface area contributed by atoms with Gasteiger partial charge in [0.1, 0.15) is 11.5 Å². The van der Waals surface area contributed by atoms with Gasteiger partial charge in [0.15, 0.2) is 0 Å². The van der Waals surface area contributed by atoms with Gasteiger partial charge in [-0.1, -0.05) is 13.8 Å². The first kappa shape index (κ1) is 10.2. The minimum absolute atomic E-state index is 0.111. The van der Waals surface area contributed by atoms with Crippen molar-refractivity contribution in [2.75, 3.05) is 5.43 Å². The molecule has 0 aliphatic heterocycles. The van der Waals surface area contributed by atoms with Crippen molar-refractivity contribution < 1.29 is 4.79 Å². The Morgan fingerprint density at radius 1 is 1.71 bits per heavy atom. The summed E-state index contributed by atoms with van der Waals surface area (Å²) in [5, 5.41) is 11.0. The van der Waals surface area contributed by atoms with Crippen molar-refractivity contribution in [2.24, 2.45) is 11.7 Å². The zero-order valence-corrected chi connectivity index (χ0v) is 8.11. The number of hydrogen-bond acceptors (Lipinski definition) is 3. The maximum Gasteiger partial charge on any atom is 0.242 e. The molecule has 0 saturated heterocycles. The summed E-state index contributed by atoms with van der Waals surface area (Å²) >= 11 is 0. The molecule has 0 saturated carbocycles. The molecule has 0 aliphatic rings. The molecule has 1 aromatic rings. The van der Waals surface area contributed by atoms with Gasteiger partial charge in [-0.3, -0.25) is 10.2 Å². The van der Waals surface area contributed by atoms with E-state index in [2.05, 4.69) is 10.5 Å². The third-order valence-electron chi connectivity index (χ3n) is 1.61. The van der Waals surface area contributed by atoms with Crippen LogP contribution in [0.2, 0.25) is 0 Å². The second kappa shape index (κ2) is 3.91. The molecule has 76 valence electrons. The third kappa shape index (κ3) is 2.32. The van der Waals surface area contributed by atoms with Crippen molar-refractivity contribution in [1.82, 2.24) is 9.89 Å². The van der Waals surface area contributed by atoms with Crippen LogP contribution in [0.5, 0.6) is 0 Å². The number of aromatic nitrogens is 2. The SMILES string of the molecule is CC(C)C(=O)Nn1ccc(C(=N)N)n1. The fraction of sp³-hybridized carbons (Fsp3) is 0.375. The lowest BCUT2D eigenvalue weighted by Crippen LogP contribution is -2.27. The van der Waals surface area contributed by atoms with E-state index >= 15 is 0 Å². The van der Waals surface area contributed by atoms with E-state index in [1.807, 2.05) is 0 Å². The molecular weight excluding hydrogens is 182 g/mol. The Morgan fingerprint density at radius 3 is 2.79 bits per heavy atom. The summed E-state index contributed by atoms with van der Waals surface area (Å²) < 4.78 is 0.